The molecule has 0 spiro atoms. The van der Waals surface area contributed by atoms with Crippen LogP contribution < -0.4 is 10.6 Å². The molecular weight excluding hydrogens is 356 g/mol. The molecule has 2 aromatic rings. The number of aryl methyl sites for hydroxylation is 1. The van der Waals surface area contributed by atoms with E-state index in [4.69, 9.17) is 23.8 Å². The Kier molecular flexibility index (Phi) is 8.43. The Bertz CT molecular complexity index is 644. The van der Waals surface area contributed by atoms with Crippen molar-refractivity contribution in [3.63, 3.8) is 0 Å². The molecule has 2 nitrogen and oxygen atoms in total. The zero-order valence-corrected chi connectivity index (χ0v) is 16.2. The Morgan fingerprint density at radius 3 is 2.58 bits per heavy atom. The highest BCUT2D eigenvalue weighted by atomic mass is 35.5. The molecule has 0 aliphatic carbocycles. The molecule has 0 aliphatic heterocycles. The maximum atomic E-state index is 6.15. The number of thioether (sulfide) groups is 1. The second kappa shape index (κ2) is 10.6. The third-order valence-corrected chi connectivity index (χ3v) is 5.29. The average molecular weight is 379 g/mol. The fourth-order valence-electron chi connectivity index (χ4n) is 2.17. The lowest BCUT2D eigenvalue weighted by molar-refractivity contribution is 0.854. The quantitative estimate of drug-likeness (QED) is 0.467. The molecule has 24 heavy (non-hydrogen) atoms. The first-order valence-electron chi connectivity index (χ1n) is 8.14. The third-order valence-electron chi connectivity index (χ3n) is 3.59. The third kappa shape index (κ3) is 6.71. The van der Waals surface area contributed by atoms with Gasteiger partial charge in [0.05, 0.1) is 0 Å². The number of rotatable bonds is 8. The molecule has 2 rings (SSSR count). The normalized spacial score (nSPS) is 10.4. The molecule has 0 aliphatic rings. The molecule has 0 aromatic heterocycles. The van der Waals surface area contributed by atoms with Gasteiger partial charge in [-0.25, -0.2) is 0 Å². The van der Waals surface area contributed by atoms with Gasteiger partial charge >= 0.3 is 0 Å². The van der Waals surface area contributed by atoms with Crippen LogP contribution in [0.15, 0.2) is 48.5 Å². The second-order valence-corrected chi connectivity index (χ2v) is 7.35. The number of anilines is 1. The molecule has 0 radical (unpaired) electrons. The zero-order valence-electron chi connectivity index (χ0n) is 13.8. The number of halogens is 1. The van der Waals surface area contributed by atoms with Crippen molar-refractivity contribution in [3.8, 4) is 0 Å². The lowest BCUT2D eigenvalue weighted by Gasteiger charge is -2.11. The SMILES string of the molecule is CCc1ccc(NC(=S)NCCCSCc2ccccc2Cl)cc1. The summed E-state index contributed by atoms with van der Waals surface area (Å²) in [5, 5.41) is 7.99. The van der Waals surface area contributed by atoms with Crippen molar-refractivity contribution >= 4 is 46.4 Å². The Balaban J connectivity index is 1.58. The van der Waals surface area contributed by atoms with Gasteiger partial charge in [-0.3, -0.25) is 0 Å². The van der Waals surface area contributed by atoms with Gasteiger partial charge in [-0.2, -0.15) is 11.8 Å². The smallest absolute Gasteiger partial charge is 0.170 e. The van der Waals surface area contributed by atoms with Gasteiger partial charge in [0.15, 0.2) is 5.11 Å². The van der Waals surface area contributed by atoms with E-state index in [2.05, 4.69) is 47.9 Å². The maximum Gasteiger partial charge on any atom is 0.170 e. The molecule has 0 unspecified atom stereocenters. The van der Waals surface area contributed by atoms with E-state index >= 15 is 0 Å². The van der Waals surface area contributed by atoms with Gasteiger partial charge in [-0.1, -0.05) is 48.9 Å². The van der Waals surface area contributed by atoms with Crippen LogP contribution in [0.3, 0.4) is 0 Å². The first kappa shape index (κ1) is 19.1. The van der Waals surface area contributed by atoms with Crippen LogP contribution >= 0.6 is 35.6 Å². The highest BCUT2D eigenvalue weighted by Gasteiger charge is 2.00. The number of benzene rings is 2. The van der Waals surface area contributed by atoms with Crippen LogP contribution in [0.2, 0.25) is 5.02 Å². The summed E-state index contributed by atoms with van der Waals surface area (Å²) in [7, 11) is 0. The fraction of sp³-hybridized carbons (Fsp3) is 0.316. The van der Waals surface area contributed by atoms with Gasteiger partial charge in [0.2, 0.25) is 0 Å². The van der Waals surface area contributed by atoms with Gasteiger partial charge in [0.25, 0.3) is 0 Å². The van der Waals surface area contributed by atoms with Crippen molar-refractivity contribution in [3.05, 3.63) is 64.7 Å². The summed E-state index contributed by atoms with van der Waals surface area (Å²) < 4.78 is 0. The Hall–Kier alpha value is -1.23. The zero-order chi connectivity index (χ0) is 17.2. The number of thiocarbonyl (C=S) groups is 1. The molecule has 2 N–H and O–H groups in total. The first-order valence-corrected chi connectivity index (χ1v) is 10.1. The summed E-state index contributed by atoms with van der Waals surface area (Å²) in [6, 6.07) is 16.4. The maximum absolute atomic E-state index is 6.15. The second-order valence-electron chi connectivity index (χ2n) is 5.43. The average Bonchev–Trinajstić information content (AvgIpc) is 2.60. The largest absolute Gasteiger partial charge is 0.362 e. The lowest BCUT2D eigenvalue weighted by Crippen LogP contribution is -2.29. The van der Waals surface area contributed by atoms with Crippen LogP contribution in [-0.4, -0.2) is 17.4 Å². The van der Waals surface area contributed by atoms with Crippen LogP contribution in [0, 0.1) is 0 Å². The number of hydrogen-bond acceptors (Lipinski definition) is 2. The van der Waals surface area contributed by atoms with E-state index in [1.54, 1.807) is 0 Å². The molecular formula is C19H23ClN2S2. The van der Waals surface area contributed by atoms with Crippen molar-refractivity contribution in [1.82, 2.24) is 5.32 Å². The summed E-state index contributed by atoms with van der Waals surface area (Å²) in [6.07, 6.45) is 2.11. The molecule has 2 aromatic carbocycles. The minimum atomic E-state index is 0.676. The molecule has 0 atom stereocenters. The van der Waals surface area contributed by atoms with E-state index in [1.165, 1.54) is 11.1 Å². The lowest BCUT2D eigenvalue weighted by atomic mass is 10.1. The molecule has 5 heteroatoms. The number of hydrogen-bond donors (Lipinski definition) is 2. The van der Waals surface area contributed by atoms with Crippen LogP contribution in [-0.2, 0) is 12.2 Å². The van der Waals surface area contributed by atoms with Gasteiger partial charge < -0.3 is 10.6 Å². The summed E-state index contributed by atoms with van der Waals surface area (Å²) in [4.78, 5) is 0. The van der Waals surface area contributed by atoms with Crippen molar-refractivity contribution in [1.29, 1.82) is 0 Å². The van der Waals surface area contributed by atoms with E-state index in [0.717, 1.165) is 41.6 Å². The van der Waals surface area contributed by atoms with Crippen molar-refractivity contribution < 1.29 is 0 Å². The van der Waals surface area contributed by atoms with E-state index in [1.807, 2.05) is 30.0 Å². The van der Waals surface area contributed by atoms with Gasteiger partial charge in [0.1, 0.15) is 0 Å². The Labute approximate surface area is 159 Å². The molecule has 0 fully saturated rings. The number of nitrogens with one attached hydrogen (secondary N) is 2. The van der Waals surface area contributed by atoms with E-state index in [9.17, 15) is 0 Å². The minimum absolute atomic E-state index is 0.676. The van der Waals surface area contributed by atoms with Crippen molar-refractivity contribution in [2.75, 3.05) is 17.6 Å². The van der Waals surface area contributed by atoms with E-state index < -0.39 is 0 Å². The first-order chi connectivity index (χ1) is 11.7. The predicted octanol–water partition coefficient (Wildman–Crippen LogP) is 5.51. The summed E-state index contributed by atoms with van der Waals surface area (Å²) in [6.45, 7) is 3.02. The summed E-state index contributed by atoms with van der Waals surface area (Å²) >= 11 is 13.4. The fourth-order valence-corrected chi connectivity index (χ4v) is 3.64. The summed E-state index contributed by atoms with van der Waals surface area (Å²) in [5.74, 6) is 2.03. The topological polar surface area (TPSA) is 24.1 Å². The standard InChI is InChI=1S/C19H23ClN2S2/c1-2-15-8-10-17(11-9-15)22-19(23)21-12-5-13-24-14-16-6-3-4-7-18(16)20/h3-4,6-11H,2,5,12-14H2,1H3,(H2,21,22,23). The van der Waals surface area contributed by atoms with Crippen LogP contribution in [0.4, 0.5) is 5.69 Å². The minimum Gasteiger partial charge on any atom is -0.362 e. The highest BCUT2D eigenvalue weighted by Crippen LogP contribution is 2.20. The van der Waals surface area contributed by atoms with Crippen LogP contribution in [0.1, 0.15) is 24.5 Å². The highest BCUT2D eigenvalue weighted by molar-refractivity contribution is 7.98. The molecule has 0 amide bonds. The van der Waals surface area contributed by atoms with Gasteiger partial charge in [-0.05, 0) is 60.1 Å². The van der Waals surface area contributed by atoms with Crippen molar-refractivity contribution in [2.24, 2.45) is 0 Å². The van der Waals surface area contributed by atoms with E-state index in [0.29, 0.717) is 5.11 Å². The van der Waals surface area contributed by atoms with Gasteiger partial charge in [0, 0.05) is 23.0 Å². The molecule has 0 heterocycles. The summed E-state index contributed by atoms with van der Waals surface area (Å²) in [5.41, 5.74) is 3.55. The Morgan fingerprint density at radius 2 is 1.88 bits per heavy atom. The van der Waals surface area contributed by atoms with Crippen LogP contribution in [0.25, 0.3) is 0 Å². The Morgan fingerprint density at radius 1 is 1.12 bits per heavy atom. The molecule has 0 bridgehead atoms. The molecule has 0 saturated carbocycles. The van der Waals surface area contributed by atoms with Crippen LogP contribution in [0.5, 0.6) is 0 Å². The molecule has 0 saturated heterocycles. The molecule has 128 valence electrons. The van der Waals surface area contributed by atoms with Gasteiger partial charge in [-0.15, -0.1) is 0 Å². The monoisotopic (exact) mass is 378 g/mol. The van der Waals surface area contributed by atoms with E-state index in [-0.39, 0.29) is 0 Å². The van der Waals surface area contributed by atoms with Crippen molar-refractivity contribution in [2.45, 2.75) is 25.5 Å². The predicted molar refractivity (Wildman–Crippen MR) is 112 cm³/mol.